The number of nitrogens with zero attached hydrogens (tertiary/aromatic N) is 3. The summed E-state index contributed by atoms with van der Waals surface area (Å²) in [6.45, 7) is 2.58. The second-order valence-corrected chi connectivity index (χ2v) is 8.03. The number of aromatic nitrogens is 2. The van der Waals surface area contributed by atoms with Crippen molar-refractivity contribution < 1.29 is 18.7 Å². The summed E-state index contributed by atoms with van der Waals surface area (Å²) in [4.78, 5) is 14.6. The highest BCUT2D eigenvalue weighted by Gasteiger charge is 2.15. The second-order valence-electron chi connectivity index (χ2n) is 8.03. The van der Waals surface area contributed by atoms with E-state index in [0.717, 1.165) is 22.3 Å². The van der Waals surface area contributed by atoms with E-state index in [1.54, 1.807) is 38.3 Å². The van der Waals surface area contributed by atoms with Crippen LogP contribution in [0.3, 0.4) is 0 Å². The Balaban J connectivity index is 1.40. The van der Waals surface area contributed by atoms with Gasteiger partial charge in [0, 0.05) is 30.3 Å². The van der Waals surface area contributed by atoms with Crippen LogP contribution in [0.25, 0.3) is 22.9 Å². The highest BCUT2D eigenvalue weighted by Crippen LogP contribution is 2.28. The fraction of sp³-hybridized carbons (Fsp3) is 0.222. The SMILES string of the molecule is COc1ccc(CCN(C)C(=O)c2ccc(-c3nnc(-c4cccc(C)c4)o3)cc2)cc1OC. The molecule has 0 atom stereocenters. The number of carbonyl (C=O) groups excluding carboxylic acids is 1. The first kappa shape index (κ1) is 23.0. The molecule has 0 bridgehead atoms. The summed E-state index contributed by atoms with van der Waals surface area (Å²) in [7, 11) is 5.01. The van der Waals surface area contributed by atoms with Gasteiger partial charge >= 0.3 is 0 Å². The van der Waals surface area contributed by atoms with Crippen molar-refractivity contribution in [2.75, 3.05) is 27.8 Å². The van der Waals surface area contributed by atoms with Crippen molar-refractivity contribution >= 4 is 5.91 Å². The topological polar surface area (TPSA) is 77.7 Å². The van der Waals surface area contributed by atoms with Crippen LogP contribution in [-0.4, -0.2) is 48.8 Å². The molecule has 0 unspecified atom stereocenters. The van der Waals surface area contributed by atoms with Crippen LogP contribution < -0.4 is 9.47 Å². The molecule has 1 amide bonds. The van der Waals surface area contributed by atoms with Gasteiger partial charge in [-0.25, -0.2) is 0 Å². The van der Waals surface area contributed by atoms with Crippen molar-refractivity contribution in [1.29, 1.82) is 0 Å². The number of methoxy groups -OCH3 is 2. The van der Waals surface area contributed by atoms with Crippen LogP contribution in [0.2, 0.25) is 0 Å². The minimum absolute atomic E-state index is 0.0574. The van der Waals surface area contributed by atoms with E-state index in [1.165, 1.54) is 0 Å². The van der Waals surface area contributed by atoms with E-state index in [0.29, 0.717) is 41.8 Å². The molecular weight excluding hydrogens is 430 g/mol. The molecule has 0 aliphatic carbocycles. The average molecular weight is 458 g/mol. The fourth-order valence-electron chi connectivity index (χ4n) is 3.64. The Bertz CT molecular complexity index is 1280. The zero-order chi connectivity index (χ0) is 24.1. The lowest BCUT2D eigenvalue weighted by atomic mass is 10.1. The predicted octanol–water partition coefficient (Wildman–Crippen LogP) is 5.04. The van der Waals surface area contributed by atoms with Gasteiger partial charge in [0.15, 0.2) is 11.5 Å². The van der Waals surface area contributed by atoms with Crippen molar-refractivity contribution in [3.8, 4) is 34.4 Å². The molecule has 0 saturated heterocycles. The Morgan fingerprint density at radius 3 is 2.26 bits per heavy atom. The molecule has 0 fully saturated rings. The summed E-state index contributed by atoms with van der Waals surface area (Å²) in [5.41, 5.74) is 4.42. The predicted molar refractivity (Wildman–Crippen MR) is 130 cm³/mol. The van der Waals surface area contributed by atoms with Crippen molar-refractivity contribution in [1.82, 2.24) is 15.1 Å². The van der Waals surface area contributed by atoms with Crippen LogP contribution in [0.15, 0.2) is 71.1 Å². The van der Waals surface area contributed by atoms with Crippen LogP contribution in [0, 0.1) is 6.92 Å². The van der Waals surface area contributed by atoms with Gasteiger partial charge in [0.05, 0.1) is 14.2 Å². The van der Waals surface area contributed by atoms with Gasteiger partial charge in [0.25, 0.3) is 5.91 Å². The van der Waals surface area contributed by atoms with E-state index in [2.05, 4.69) is 10.2 Å². The Morgan fingerprint density at radius 2 is 1.59 bits per heavy atom. The summed E-state index contributed by atoms with van der Waals surface area (Å²) >= 11 is 0. The largest absolute Gasteiger partial charge is 0.493 e. The van der Waals surface area contributed by atoms with Gasteiger partial charge in [-0.3, -0.25) is 4.79 Å². The molecule has 1 heterocycles. The maximum absolute atomic E-state index is 12.9. The standard InChI is InChI=1S/C27H27N3O4/c1-18-6-5-7-22(16-18)26-29-28-25(34-26)20-9-11-21(12-10-20)27(31)30(2)15-14-19-8-13-23(32-3)24(17-19)33-4/h5-13,16-17H,14-15H2,1-4H3. The summed E-state index contributed by atoms with van der Waals surface area (Å²) in [5.74, 6) is 2.18. The highest BCUT2D eigenvalue weighted by molar-refractivity contribution is 5.94. The molecule has 0 aliphatic rings. The number of benzene rings is 3. The van der Waals surface area contributed by atoms with E-state index in [-0.39, 0.29) is 5.91 Å². The van der Waals surface area contributed by atoms with Gasteiger partial charge in [-0.15, -0.1) is 10.2 Å². The molecular formula is C27H27N3O4. The molecule has 174 valence electrons. The van der Waals surface area contributed by atoms with Gasteiger partial charge in [-0.2, -0.15) is 0 Å². The first-order valence-electron chi connectivity index (χ1n) is 11.0. The monoisotopic (exact) mass is 457 g/mol. The number of ether oxygens (including phenoxy) is 2. The number of rotatable bonds is 8. The summed E-state index contributed by atoms with van der Waals surface area (Å²) in [5, 5.41) is 8.32. The number of hydrogen-bond donors (Lipinski definition) is 0. The molecule has 3 aromatic carbocycles. The van der Waals surface area contributed by atoms with Crippen molar-refractivity contribution in [2.45, 2.75) is 13.3 Å². The Labute approximate surface area is 199 Å². The molecule has 4 rings (SSSR count). The maximum atomic E-state index is 12.9. The fourth-order valence-corrected chi connectivity index (χ4v) is 3.64. The van der Waals surface area contributed by atoms with Gasteiger partial charge in [-0.05, 0) is 67.4 Å². The number of likely N-dealkylation sites (N-methyl/N-ethyl adjacent to an activating group) is 1. The number of hydrogen-bond acceptors (Lipinski definition) is 6. The maximum Gasteiger partial charge on any atom is 0.253 e. The lowest BCUT2D eigenvalue weighted by Gasteiger charge is -2.18. The van der Waals surface area contributed by atoms with E-state index in [1.807, 2.05) is 61.5 Å². The third-order valence-corrected chi connectivity index (χ3v) is 5.60. The van der Waals surface area contributed by atoms with E-state index in [4.69, 9.17) is 13.9 Å². The zero-order valence-corrected chi connectivity index (χ0v) is 19.7. The molecule has 0 radical (unpaired) electrons. The Kier molecular flexibility index (Phi) is 6.92. The third kappa shape index (κ3) is 5.09. The summed E-state index contributed by atoms with van der Waals surface area (Å²) in [6, 6.07) is 20.9. The van der Waals surface area contributed by atoms with Crippen molar-refractivity contribution in [3.63, 3.8) is 0 Å². The van der Waals surface area contributed by atoms with Gasteiger partial charge < -0.3 is 18.8 Å². The van der Waals surface area contributed by atoms with E-state index >= 15 is 0 Å². The summed E-state index contributed by atoms with van der Waals surface area (Å²) < 4.78 is 16.5. The molecule has 0 spiro atoms. The van der Waals surface area contributed by atoms with Crippen LogP contribution in [-0.2, 0) is 6.42 Å². The number of carbonyl (C=O) groups is 1. The molecule has 0 aliphatic heterocycles. The molecule has 4 aromatic rings. The first-order chi connectivity index (χ1) is 16.5. The minimum atomic E-state index is -0.0574. The Morgan fingerprint density at radius 1 is 0.882 bits per heavy atom. The molecule has 1 aromatic heterocycles. The third-order valence-electron chi connectivity index (χ3n) is 5.60. The second kappa shape index (κ2) is 10.2. The first-order valence-corrected chi connectivity index (χ1v) is 11.0. The van der Waals surface area contributed by atoms with E-state index < -0.39 is 0 Å². The molecule has 0 saturated carbocycles. The lowest BCUT2D eigenvalue weighted by Crippen LogP contribution is -2.28. The Hall–Kier alpha value is -4.13. The van der Waals surface area contributed by atoms with Gasteiger partial charge in [-0.1, -0.05) is 23.8 Å². The quantitative estimate of drug-likeness (QED) is 0.369. The zero-order valence-electron chi connectivity index (χ0n) is 19.7. The van der Waals surface area contributed by atoms with Crippen molar-refractivity contribution in [3.05, 3.63) is 83.4 Å². The van der Waals surface area contributed by atoms with Gasteiger partial charge in [0.1, 0.15) is 0 Å². The lowest BCUT2D eigenvalue weighted by molar-refractivity contribution is 0.0796. The molecule has 7 nitrogen and oxygen atoms in total. The van der Waals surface area contributed by atoms with Gasteiger partial charge in [0.2, 0.25) is 11.8 Å². The van der Waals surface area contributed by atoms with Crippen LogP contribution in [0.4, 0.5) is 0 Å². The minimum Gasteiger partial charge on any atom is -0.493 e. The molecule has 7 heteroatoms. The van der Waals surface area contributed by atoms with Crippen LogP contribution >= 0.6 is 0 Å². The van der Waals surface area contributed by atoms with Crippen LogP contribution in [0.1, 0.15) is 21.5 Å². The normalized spacial score (nSPS) is 10.7. The molecule has 0 N–H and O–H groups in total. The van der Waals surface area contributed by atoms with Crippen LogP contribution in [0.5, 0.6) is 11.5 Å². The number of aryl methyl sites for hydroxylation is 1. The summed E-state index contributed by atoms with van der Waals surface area (Å²) in [6.07, 6.45) is 0.699. The average Bonchev–Trinajstić information content (AvgIpc) is 3.37. The molecule has 34 heavy (non-hydrogen) atoms. The number of amides is 1. The van der Waals surface area contributed by atoms with Crippen molar-refractivity contribution in [2.24, 2.45) is 0 Å². The highest BCUT2D eigenvalue weighted by atomic mass is 16.5. The smallest absolute Gasteiger partial charge is 0.253 e. The van der Waals surface area contributed by atoms with E-state index in [9.17, 15) is 4.79 Å².